The third kappa shape index (κ3) is 3.01. The molecule has 1 fully saturated rings. The largest absolute Gasteiger partial charge is 0.383 e. The molecule has 1 aromatic carbocycles. The van der Waals surface area contributed by atoms with E-state index in [4.69, 9.17) is 10.5 Å². The van der Waals surface area contributed by atoms with E-state index in [1.807, 2.05) is 18.2 Å². The van der Waals surface area contributed by atoms with Crippen LogP contribution >= 0.6 is 0 Å². The Bertz CT molecular complexity index is 628. The second-order valence-corrected chi connectivity index (χ2v) is 5.86. The number of anilines is 1. The number of hydrogen-bond acceptors (Lipinski definition) is 4. The Balaban J connectivity index is 1.87. The summed E-state index contributed by atoms with van der Waals surface area (Å²) in [4.78, 5) is 7.00. The fourth-order valence-corrected chi connectivity index (χ4v) is 3.00. The van der Waals surface area contributed by atoms with Crippen molar-refractivity contribution in [2.45, 2.75) is 39.0 Å². The predicted molar refractivity (Wildman–Crippen MR) is 86.1 cm³/mol. The highest BCUT2D eigenvalue weighted by Gasteiger charge is 2.26. The third-order valence-electron chi connectivity index (χ3n) is 4.26. The summed E-state index contributed by atoms with van der Waals surface area (Å²) in [5.41, 5.74) is 8.23. The van der Waals surface area contributed by atoms with Crippen LogP contribution in [-0.2, 0) is 11.3 Å². The zero-order chi connectivity index (χ0) is 14.8. The summed E-state index contributed by atoms with van der Waals surface area (Å²) in [5.74, 6) is 0.641. The molecule has 112 valence electrons. The molecule has 4 nitrogen and oxygen atoms in total. The molecule has 2 heterocycles. The van der Waals surface area contributed by atoms with Gasteiger partial charge < -0.3 is 10.5 Å². The third-order valence-corrected chi connectivity index (χ3v) is 4.26. The number of fused-ring (bicyclic) bond motifs is 1. The van der Waals surface area contributed by atoms with E-state index in [1.54, 1.807) is 0 Å². The molecule has 0 aliphatic carbocycles. The summed E-state index contributed by atoms with van der Waals surface area (Å²) in [6, 6.07) is 10.8. The molecular weight excluding hydrogens is 262 g/mol. The molecule has 2 aromatic rings. The number of benzene rings is 1. The van der Waals surface area contributed by atoms with Gasteiger partial charge in [0.25, 0.3) is 0 Å². The number of rotatable bonds is 3. The highest BCUT2D eigenvalue weighted by atomic mass is 16.5. The smallest absolute Gasteiger partial charge is 0.128 e. The summed E-state index contributed by atoms with van der Waals surface area (Å²) >= 11 is 0. The van der Waals surface area contributed by atoms with E-state index in [2.05, 4.69) is 35.9 Å². The van der Waals surface area contributed by atoms with Crippen molar-refractivity contribution in [1.82, 2.24) is 9.88 Å². The van der Waals surface area contributed by atoms with Gasteiger partial charge >= 0.3 is 0 Å². The van der Waals surface area contributed by atoms with E-state index >= 15 is 0 Å². The van der Waals surface area contributed by atoms with Crippen LogP contribution in [-0.4, -0.2) is 35.2 Å². The van der Waals surface area contributed by atoms with Gasteiger partial charge in [-0.25, -0.2) is 4.98 Å². The first kappa shape index (κ1) is 14.3. The predicted octanol–water partition coefficient (Wildman–Crippen LogP) is 2.82. The van der Waals surface area contributed by atoms with Gasteiger partial charge in [0.1, 0.15) is 5.82 Å². The van der Waals surface area contributed by atoms with E-state index in [0.29, 0.717) is 11.9 Å². The van der Waals surface area contributed by atoms with Gasteiger partial charge in [-0.3, -0.25) is 4.90 Å². The van der Waals surface area contributed by atoms with E-state index in [9.17, 15) is 0 Å². The lowest BCUT2D eigenvalue weighted by molar-refractivity contribution is -0.0591. The Kier molecular flexibility index (Phi) is 4.08. The molecule has 2 N–H and O–H groups in total. The Morgan fingerprint density at radius 1 is 1.38 bits per heavy atom. The summed E-state index contributed by atoms with van der Waals surface area (Å²) in [5, 5.41) is 1.15. The van der Waals surface area contributed by atoms with Crippen molar-refractivity contribution in [1.29, 1.82) is 0 Å². The summed E-state index contributed by atoms with van der Waals surface area (Å²) in [7, 11) is 0. The van der Waals surface area contributed by atoms with Crippen molar-refractivity contribution in [3.63, 3.8) is 0 Å². The first-order valence-corrected chi connectivity index (χ1v) is 7.67. The molecule has 1 aliphatic rings. The lowest BCUT2D eigenvalue weighted by Gasteiger charge is -2.38. The van der Waals surface area contributed by atoms with Gasteiger partial charge in [0, 0.05) is 30.1 Å². The van der Waals surface area contributed by atoms with E-state index in [1.165, 1.54) is 0 Å². The van der Waals surface area contributed by atoms with Crippen molar-refractivity contribution >= 4 is 16.7 Å². The highest BCUT2D eigenvalue weighted by Crippen LogP contribution is 2.23. The number of ether oxygens (including phenoxy) is 1. The summed E-state index contributed by atoms with van der Waals surface area (Å²) < 4.78 is 5.76. The number of hydrogen-bond donors (Lipinski definition) is 1. The van der Waals surface area contributed by atoms with Gasteiger partial charge in [0.05, 0.1) is 18.2 Å². The van der Waals surface area contributed by atoms with Crippen LogP contribution in [0.25, 0.3) is 10.9 Å². The molecule has 0 amide bonds. The van der Waals surface area contributed by atoms with Crippen molar-refractivity contribution in [3.8, 4) is 0 Å². The van der Waals surface area contributed by atoms with Crippen LogP contribution in [0.5, 0.6) is 0 Å². The molecule has 0 bridgehead atoms. The molecule has 4 heteroatoms. The monoisotopic (exact) mass is 285 g/mol. The maximum absolute atomic E-state index is 6.16. The molecule has 2 unspecified atom stereocenters. The zero-order valence-electron chi connectivity index (χ0n) is 12.7. The summed E-state index contributed by atoms with van der Waals surface area (Å²) in [6.07, 6.45) is 1.37. The van der Waals surface area contributed by atoms with Gasteiger partial charge in [0.15, 0.2) is 0 Å². The van der Waals surface area contributed by atoms with Gasteiger partial charge in [-0.1, -0.05) is 25.1 Å². The Hall–Kier alpha value is -1.65. The second kappa shape index (κ2) is 6.00. The first-order valence-electron chi connectivity index (χ1n) is 7.67. The van der Waals surface area contributed by atoms with Crippen LogP contribution in [0.15, 0.2) is 30.3 Å². The van der Waals surface area contributed by atoms with Crippen molar-refractivity contribution in [2.75, 3.05) is 18.9 Å². The van der Waals surface area contributed by atoms with Gasteiger partial charge in [-0.05, 0) is 25.5 Å². The fraction of sp³-hybridized carbons (Fsp3) is 0.471. The quantitative estimate of drug-likeness (QED) is 0.942. The maximum atomic E-state index is 6.16. The molecule has 0 spiro atoms. The Morgan fingerprint density at radius 2 is 2.19 bits per heavy atom. The number of nitrogens with two attached hydrogens (primary N) is 1. The van der Waals surface area contributed by atoms with Crippen LogP contribution in [0, 0.1) is 0 Å². The van der Waals surface area contributed by atoms with Crippen LogP contribution < -0.4 is 5.73 Å². The standard InChI is InChI=1S/C17H23N3O/c1-3-15-11-21-12(2)9-20(15)10-14-8-13-6-4-5-7-16(13)19-17(14)18/h4-8,12,15H,3,9-11H2,1-2H3,(H2,18,19). The van der Waals surface area contributed by atoms with Gasteiger partial charge in [-0.2, -0.15) is 0 Å². The summed E-state index contributed by atoms with van der Waals surface area (Å²) in [6.45, 7) is 6.93. The topological polar surface area (TPSA) is 51.4 Å². The molecule has 2 atom stereocenters. The molecule has 3 rings (SSSR count). The Morgan fingerprint density at radius 3 is 3.00 bits per heavy atom. The SMILES string of the molecule is CCC1COC(C)CN1Cc1cc2ccccc2nc1N. The van der Waals surface area contributed by atoms with E-state index in [0.717, 1.165) is 42.6 Å². The van der Waals surface area contributed by atoms with Crippen LogP contribution in [0.4, 0.5) is 5.82 Å². The minimum absolute atomic E-state index is 0.280. The lowest BCUT2D eigenvalue weighted by Crippen LogP contribution is -2.47. The highest BCUT2D eigenvalue weighted by molar-refractivity contribution is 5.81. The van der Waals surface area contributed by atoms with Crippen LogP contribution in [0.1, 0.15) is 25.8 Å². The molecular formula is C17H23N3O. The molecule has 0 saturated carbocycles. The fourth-order valence-electron chi connectivity index (χ4n) is 3.00. The molecule has 21 heavy (non-hydrogen) atoms. The number of para-hydroxylation sites is 1. The number of morpholine rings is 1. The van der Waals surface area contributed by atoms with Crippen molar-refractivity contribution in [3.05, 3.63) is 35.9 Å². The number of pyridine rings is 1. The van der Waals surface area contributed by atoms with Crippen LogP contribution in [0.2, 0.25) is 0 Å². The number of nitrogen functional groups attached to an aromatic ring is 1. The normalized spacial score (nSPS) is 23.5. The number of nitrogens with zero attached hydrogens (tertiary/aromatic N) is 2. The van der Waals surface area contributed by atoms with E-state index in [-0.39, 0.29) is 6.10 Å². The molecule has 1 aromatic heterocycles. The van der Waals surface area contributed by atoms with Gasteiger partial charge in [-0.15, -0.1) is 0 Å². The second-order valence-electron chi connectivity index (χ2n) is 5.86. The van der Waals surface area contributed by atoms with Crippen molar-refractivity contribution < 1.29 is 4.74 Å². The first-order chi connectivity index (χ1) is 10.2. The minimum atomic E-state index is 0.280. The zero-order valence-corrected chi connectivity index (χ0v) is 12.7. The average Bonchev–Trinajstić information content (AvgIpc) is 2.48. The van der Waals surface area contributed by atoms with E-state index < -0.39 is 0 Å². The molecule has 1 saturated heterocycles. The maximum Gasteiger partial charge on any atom is 0.128 e. The lowest BCUT2D eigenvalue weighted by atomic mass is 10.1. The minimum Gasteiger partial charge on any atom is -0.383 e. The molecule has 1 aliphatic heterocycles. The van der Waals surface area contributed by atoms with Crippen molar-refractivity contribution in [2.24, 2.45) is 0 Å². The van der Waals surface area contributed by atoms with Crippen LogP contribution in [0.3, 0.4) is 0 Å². The average molecular weight is 285 g/mol. The molecule has 0 radical (unpaired) electrons. The Labute approximate surface area is 125 Å². The van der Waals surface area contributed by atoms with Gasteiger partial charge in [0.2, 0.25) is 0 Å². The number of aromatic nitrogens is 1.